The Morgan fingerprint density at radius 3 is 2.26 bits per heavy atom. The summed E-state index contributed by atoms with van der Waals surface area (Å²) in [5.74, 6) is -3.46. The smallest absolute Gasteiger partial charge is 0.264 e. The van der Waals surface area contributed by atoms with Crippen LogP contribution >= 0.6 is 11.6 Å². The number of halogens is 1. The molecule has 0 radical (unpaired) electrons. The average molecular weight is 495 g/mol. The Kier molecular flexibility index (Phi) is 9.97. The van der Waals surface area contributed by atoms with Gasteiger partial charge < -0.3 is 30.9 Å². The van der Waals surface area contributed by atoms with Crippen LogP contribution in [0.25, 0.3) is 0 Å². The first-order valence-electron chi connectivity index (χ1n) is 10.3. The number of hydrogen-bond acceptors (Lipinski definition) is 8. The van der Waals surface area contributed by atoms with E-state index in [-0.39, 0.29) is 0 Å². The minimum Gasteiger partial charge on any atom is -0.507 e. The maximum atomic E-state index is 13.0. The van der Waals surface area contributed by atoms with E-state index in [1.54, 1.807) is 43.4 Å². The number of primary amides is 1. The quantitative estimate of drug-likeness (QED) is 0.138. The van der Waals surface area contributed by atoms with Crippen molar-refractivity contribution in [2.75, 3.05) is 6.61 Å². The van der Waals surface area contributed by atoms with Gasteiger partial charge in [0.25, 0.3) is 5.91 Å². The maximum Gasteiger partial charge on any atom is 0.264 e. The summed E-state index contributed by atoms with van der Waals surface area (Å²) in [6.07, 6.45) is 7.37. The van der Waals surface area contributed by atoms with E-state index in [1.807, 2.05) is 0 Å². The topological polar surface area (TPSA) is 171 Å². The molecule has 0 spiro atoms. The van der Waals surface area contributed by atoms with Gasteiger partial charge in [-0.25, -0.2) is 0 Å². The minimum absolute atomic E-state index is 0.426. The molecule has 0 bridgehead atoms. The molecule has 0 unspecified atom stereocenters. The molecule has 11 heteroatoms. The molecule has 2 saturated heterocycles. The third-order valence-electron chi connectivity index (χ3n) is 4.98. The van der Waals surface area contributed by atoms with Crippen LogP contribution in [0.15, 0.2) is 71.0 Å². The molecule has 2 aliphatic rings. The molecule has 10 nitrogen and oxygen atoms in total. The lowest BCUT2D eigenvalue weighted by molar-refractivity contribution is -0.229. The summed E-state index contributed by atoms with van der Waals surface area (Å²) < 4.78 is 5.27. The highest BCUT2D eigenvalue weighted by atomic mass is 35.5. The standard InChI is InChI=1S/C23H27ClN2O8/c1-13(24)9-7-5-3-2-4-6-8-10-15(27)18-19(30)14(11-17(25)29)26(22(18)33)23-21(32)20(31)16(28)12-34-23/h2-10,14,16,20-21,23,27-28,31-32H,11-12H2,1H3,(H2,25,29)/b3-2?,6-4?,7-5?,10-8?,13-9?,18-15-/t14-,16+,20-,21+,23+/m0/s1. The van der Waals surface area contributed by atoms with Crippen molar-refractivity contribution in [1.29, 1.82) is 0 Å². The Balaban J connectivity index is 2.23. The van der Waals surface area contributed by atoms with Crippen molar-refractivity contribution in [2.24, 2.45) is 5.73 Å². The number of Topliss-reactive ketones (excluding diaryl/α,β-unsaturated/α-hetero) is 1. The fraction of sp³-hybridized carbons (Fsp3) is 0.348. The van der Waals surface area contributed by atoms with E-state index < -0.39 is 72.5 Å². The second kappa shape index (κ2) is 12.4. The highest BCUT2D eigenvalue weighted by Gasteiger charge is 2.53. The van der Waals surface area contributed by atoms with E-state index in [9.17, 15) is 34.8 Å². The van der Waals surface area contributed by atoms with Crippen LogP contribution in [0.4, 0.5) is 0 Å². The first-order chi connectivity index (χ1) is 16.1. The number of ketones is 1. The van der Waals surface area contributed by atoms with Crippen LogP contribution in [0.5, 0.6) is 0 Å². The van der Waals surface area contributed by atoms with Crippen LogP contribution in [0.2, 0.25) is 0 Å². The average Bonchev–Trinajstić information content (AvgIpc) is 2.99. The molecule has 0 saturated carbocycles. The molecule has 0 aromatic heterocycles. The largest absolute Gasteiger partial charge is 0.507 e. The van der Waals surface area contributed by atoms with Crippen molar-refractivity contribution in [3.63, 3.8) is 0 Å². The van der Waals surface area contributed by atoms with E-state index in [2.05, 4.69) is 0 Å². The second-order valence-electron chi connectivity index (χ2n) is 7.56. The number of aliphatic hydroxyl groups is 4. The zero-order valence-corrected chi connectivity index (χ0v) is 19.1. The maximum absolute atomic E-state index is 13.0. The van der Waals surface area contributed by atoms with E-state index in [4.69, 9.17) is 22.1 Å². The molecule has 184 valence electrons. The van der Waals surface area contributed by atoms with Gasteiger partial charge in [0.15, 0.2) is 12.0 Å². The van der Waals surface area contributed by atoms with Gasteiger partial charge >= 0.3 is 0 Å². The van der Waals surface area contributed by atoms with Gasteiger partial charge in [-0.15, -0.1) is 0 Å². The molecule has 2 fully saturated rings. The van der Waals surface area contributed by atoms with Gasteiger partial charge in [-0.05, 0) is 19.1 Å². The van der Waals surface area contributed by atoms with Crippen molar-refractivity contribution in [1.82, 2.24) is 4.90 Å². The minimum atomic E-state index is -1.76. The monoisotopic (exact) mass is 494 g/mol. The summed E-state index contributed by atoms with van der Waals surface area (Å²) in [4.78, 5) is 38.1. The number of ether oxygens (including phenoxy) is 1. The first kappa shape index (κ1) is 27.2. The number of carbonyl (C=O) groups is 3. The van der Waals surface area contributed by atoms with Gasteiger partial charge in [-0.2, -0.15) is 0 Å². The lowest BCUT2D eigenvalue weighted by Crippen LogP contribution is -2.61. The molecule has 2 heterocycles. The van der Waals surface area contributed by atoms with E-state index in [1.165, 1.54) is 12.2 Å². The molecular weight excluding hydrogens is 468 g/mol. The molecule has 2 rings (SSSR count). The summed E-state index contributed by atoms with van der Waals surface area (Å²) >= 11 is 5.69. The van der Waals surface area contributed by atoms with E-state index >= 15 is 0 Å². The van der Waals surface area contributed by atoms with Gasteiger partial charge in [0.05, 0.1) is 13.0 Å². The Morgan fingerprint density at radius 2 is 1.68 bits per heavy atom. The summed E-state index contributed by atoms with van der Waals surface area (Å²) in [5, 5.41) is 40.9. The van der Waals surface area contributed by atoms with Crippen LogP contribution in [-0.2, 0) is 19.1 Å². The lowest BCUT2D eigenvalue weighted by Gasteiger charge is -2.41. The van der Waals surface area contributed by atoms with Crippen molar-refractivity contribution in [3.8, 4) is 0 Å². The van der Waals surface area contributed by atoms with Crippen LogP contribution in [-0.4, -0.2) is 80.1 Å². The molecule has 34 heavy (non-hydrogen) atoms. The highest BCUT2D eigenvalue weighted by Crippen LogP contribution is 2.31. The Bertz CT molecular complexity index is 977. The number of likely N-dealkylation sites (tertiary alicyclic amines) is 1. The fourth-order valence-electron chi connectivity index (χ4n) is 3.35. The third kappa shape index (κ3) is 6.75. The zero-order chi connectivity index (χ0) is 25.4. The summed E-state index contributed by atoms with van der Waals surface area (Å²) in [6, 6.07) is -1.45. The van der Waals surface area contributed by atoms with E-state index in [0.717, 1.165) is 11.0 Å². The Hall–Kier alpha value is -3.02. The number of allylic oxidation sites excluding steroid dienone is 10. The molecule has 2 aliphatic heterocycles. The van der Waals surface area contributed by atoms with Crippen molar-refractivity contribution in [2.45, 2.75) is 43.9 Å². The predicted octanol–water partition coefficient (Wildman–Crippen LogP) is 0.260. The Morgan fingerprint density at radius 1 is 1.09 bits per heavy atom. The number of amides is 2. The number of nitrogens with zero attached hydrogens (tertiary/aromatic N) is 1. The number of carbonyl (C=O) groups excluding carboxylic acids is 3. The molecular formula is C23H27ClN2O8. The molecule has 2 amide bonds. The SMILES string of the molecule is CC(Cl)=CC=CC=CC=CC=C/C(O)=C1\C(=O)[C@H](CC(N)=O)N([C@@H]2OC[C@@H](O)[C@H](O)[C@H]2O)C1=O. The summed E-state index contributed by atoms with van der Waals surface area (Å²) in [6.45, 7) is 1.32. The highest BCUT2D eigenvalue weighted by molar-refractivity contribution is 6.29. The molecule has 5 atom stereocenters. The molecule has 0 aromatic rings. The van der Waals surface area contributed by atoms with Crippen molar-refractivity contribution in [3.05, 3.63) is 71.0 Å². The second-order valence-corrected chi connectivity index (χ2v) is 8.16. The number of rotatable bonds is 8. The van der Waals surface area contributed by atoms with Crippen LogP contribution in [0.3, 0.4) is 0 Å². The van der Waals surface area contributed by atoms with Crippen LogP contribution in [0.1, 0.15) is 13.3 Å². The third-order valence-corrected chi connectivity index (χ3v) is 5.10. The van der Waals surface area contributed by atoms with Crippen molar-refractivity contribution >= 4 is 29.2 Å². The van der Waals surface area contributed by atoms with Crippen LogP contribution < -0.4 is 5.73 Å². The molecule has 0 aromatic carbocycles. The Labute approximate surface area is 201 Å². The summed E-state index contributed by atoms with van der Waals surface area (Å²) in [7, 11) is 0. The van der Waals surface area contributed by atoms with E-state index in [0.29, 0.717) is 5.03 Å². The van der Waals surface area contributed by atoms with Gasteiger partial charge in [0.1, 0.15) is 35.7 Å². The number of nitrogens with two attached hydrogens (primary N) is 1. The first-order valence-corrected chi connectivity index (χ1v) is 10.7. The van der Waals surface area contributed by atoms with Gasteiger partial charge in [-0.3, -0.25) is 19.3 Å². The molecule has 0 aliphatic carbocycles. The number of hydrogen-bond donors (Lipinski definition) is 5. The van der Waals surface area contributed by atoms with Gasteiger partial charge in [-0.1, -0.05) is 54.1 Å². The fourth-order valence-corrected chi connectivity index (χ4v) is 3.43. The molecule has 6 N–H and O–H groups in total. The normalized spacial score (nSPS) is 30.6. The predicted molar refractivity (Wildman–Crippen MR) is 123 cm³/mol. The van der Waals surface area contributed by atoms with Crippen LogP contribution in [0, 0.1) is 0 Å². The lowest BCUT2D eigenvalue weighted by atomic mass is 10.0. The van der Waals surface area contributed by atoms with Crippen molar-refractivity contribution < 1.29 is 39.5 Å². The number of aliphatic hydroxyl groups excluding tert-OH is 4. The van der Waals surface area contributed by atoms with Gasteiger partial charge in [0.2, 0.25) is 5.91 Å². The van der Waals surface area contributed by atoms with Gasteiger partial charge in [0, 0.05) is 5.03 Å². The summed E-state index contributed by atoms with van der Waals surface area (Å²) in [5.41, 5.74) is 4.59. The zero-order valence-electron chi connectivity index (χ0n) is 18.3.